The van der Waals surface area contributed by atoms with Crippen LogP contribution in [-0.4, -0.2) is 49.4 Å². The number of hydrogen-bond donors (Lipinski definition) is 0. The zero-order valence-corrected chi connectivity index (χ0v) is 11.0. The van der Waals surface area contributed by atoms with E-state index in [1.807, 2.05) is 0 Å². The molecule has 0 unspecified atom stereocenters. The number of ether oxygens (including phenoxy) is 2. The minimum Gasteiger partial charge on any atom is -0.481 e. The molecule has 0 atom stereocenters. The Hall–Kier alpha value is -2.06. The number of nitrogens with zero attached hydrogens (tertiary/aromatic N) is 3. The van der Waals surface area contributed by atoms with Gasteiger partial charge in [0.05, 0.1) is 20.6 Å². The van der Waals surface area contributed by atoms with Crippen molar-refractivity contribution in [1.82, 2.24) is 9.97 Å². The lowest BCUT2D eigenvalue weighted by Crippen LogP contribution is -2.34. The van der Waals surface area contributed by atoms with Crippen LogP contribution >= 0.6 is 0 Å². The normalized spacial score (nSPS) is 11.1. The average molecular weight is 293 g/mol. The molecule has 0 fully saturated rings. The summed E-state index contributed by atoms with van der Waals surface area (Å²) in [5, 5.41) is 0. The second-order valence-electron chi connectivity index (χ2n) is 3.76. The highest BCUT2D eigenvalue weighted by Crippen LogP contribution is 2.21. The molecule has 0 spiro atoms. The van der Waals surface area contributed by atoms with Gasteiger partial charge in [0.25, 0.3) is 0 Å². The van der Waals surface area contributed by atoms with Crippen molar-refractivity contribution < 1.29 is 27.4 Å². The number of hydrogen-bond acceptors (Lipinski definition) is 6. The Labute approximate surface area is 113 Å². The maximum atomic E-state index is 12.3. The van der Waals surface area contributed by atoms with Crippen molar-refractivity contribution in [3.63, 3.8) is 0 Å². The summed E-state index contributed by atoms with van der Waals surface area (Å²) in [5.74, 6) is -0.519. The molecule has 0 aliphatic carbocycles. The predicted molar refractivity (Wildman–Crippen MR) is 63.5 cm³/mol. The van der Waals surface area contributed by atoms with Crippen molar-refractivity contribution >= 4 is 11.9 Å². The molecule has 0 amide bonds. The molecular weight excluding hydrogens is 279 g/mol. The Morgan fingerprint density at radius 2 is 2.10 bits per heavy atom. The third-order valence-electron chi connectivity index (χ3n) is 2.32. The summed E-state index contributed by atoms with van der Waals surface area (Å²) in [6.45, 7) is -0.828. The maximum absolute atomic E-state index is 12.3. The van der Waals surface area contributed by atoms with Crippen LogP contribution in [-0.2, 0) is 9.53 Å². The van der Waals surface area contributed by atoms with Crippen LogP contribution < -0.4 is 9.64 Å². The first-order valence-electron chi connectivity index (χ1n) is 5.61. The summed E-state index contributed by atoms with van der Waals surface area (Å²) in [4.78, 5) is 20.1. The van der Waals surface area contributed by atoms with Crippen molar-refractivity contribution in [2.75, 3.05) is 32.2 Å². The molecule has 1 aromatic heterocycles. The van der Waals surface area contributed by atoms with Crippen molar-refractivity contribution in [2.45, 2.75) is 12.6 Å². The molecule has 9 heteroatoms. The van der Waals surface area contributed by atoms with Crippen LogP contribution in [0.5, 0.6) is 5.88 Å². The van der Waals surface area contributed by atoms with E-state index >= 15 is 0 Å². The molecule has 1 aromatic rings. The minimum absolute atomic E-state index is 0.0287. The molecule has 0 radical (unpaired) electrons. The molecular formula is C11H14F3N3O3. The Morgan fingerprint density at radius 1 is 1.40 bits per heavy atom. The van der Waals surface area contributed by atoms with E-state index in [2.05, 4.69) is 14.7 Å². The molecule has 0 N–H and O–H groups in total. The van der Waals surface area contributed by atoms with Crippen molar-refractivity contribution in [3.05, 3.63) is 12.3 Å². The van der Waals surface area contributed by atoms with E-state index in [4.69, 9.17) is 4.74 Å². The first-order chi connectivity index (χ1) is 9.35. The molecule has 0 aliphatic heterocycles. The van der Waals surface area contributed by atoms with Crippen LogP contribution in [0.4, 0.5) is 19.1 Å². The second-order valence-corrected chi connectivity index (χ2v) is 3.76. The van der Waals surface area contributed by atoms with E-state index < -0.39 is 25.1 Å². The van der Waals surface area contributed by atoms with E-state index in [9.17, 15) is 18.0 Å². The number of aromatic nitrogens is 2. The highest BCUT2D eigenvalue weighted by molar-refractivity contribution is 5.74. The van der Waals surface area contributed by atoms with Gasteiger partial charge in [0.2, 0.25) is 11.8 Å². The molecule has 112 valence electrons. The highest BCUT2D eigenvalue weighted by atomic mass is 19.4. The standard InChI is InChI=1S/C11H14F3N3O3/c1-19-8-3-5-15-10(16-8)17(7-9(18)20-2)6-4-11(12,13)14/h3,5H,4,6-7H2,1-2H3. The van der Waals surface area contributed by atoms with Gasteiger partial charge in [-0.2, -0.15) is 18.2 Å². The summed E-state index contributed by atoms with van der Waals surface area (Å²) in [6.07, 6.45) is -4.10. The summed E-state index contributed by atoms with van der Waals surface area (Å²) in [7, 11) is 2.52. The van der Waals surface area contributed by atoms with Gasteiger partial charge in [0.15, 0.2) is 0 Å². The highest BCUT2D eigenvalue weighted by Gasteiger charge is 2.29. The first kappa shape index (κ1) is 16.0. The van der Waals surface area contributed by atoms with Crippen molar-refractivity contribution in [3.8, 4) is 5.88 Å². The van der Waals surface area contributed by atoms with Crippen molar-refractivity contribution in [1.29, 1.82) is 0 Å². The van der Waals surface area contributed by atoms with Gasteiger partial charge in [-0.3, -0.25) is 4.79 Å². The van der Waals surface area contributed by atoms with Gasteiger partial charge in [-0.15, -0.1) is 0 Å². The number of carbonyl (C=O) groups is 1. The number of alkyl halides is 3. The number of esters is 1. The third kappa shape index (κ3) is 5.29. The quantitative estimate of drug-likeness (QED) is 0.739. The number of rotatable bonds is 6. The lowest BCUT2D eigenvalue weighted by atomic mass is 10.3. The van der Waals surface area contributed by atoms with Gasteiger partial charge in [0, 0.05) is 18.8 Å². The average Bonchev–Trinajstić information content (AvgIpc) is 2.42. The number of carbonyl (C=O) groups excluding carboxylic acids is 1. The van der Waals surface area contributed by atoms with E-state index in [0.29, 0.717) is 0 Å². The fraction of sp³-hybridized carbons (Fsp3) is 0.545. The van der Waals surface area contributed by atoms with Gasteiger partial charge >= 0.3 is 12.1 Å². The molecule has 0 saturated heterocycles. The molecule has 0 aliphatic rings. The van der Waals surface area contributed by atoms with E-state index in [0.717, 1.165) is 12.0 Å². The Balaban J connectivity index is 2.87. The Morgan fingerprint density at radius 3 is 2.65 bits per heavy atom. The zero-order valence-electron chi connectivity index (χ0n) is 11.0. The van der Waals surface area contributed by atoms with Crippen LogP contribution in [0.3, 0.4) is 0 Å². The smallest absolute Gasteiger partial charge is 0.390 e. The van der Waals surface area contributed by atoms with Crippen molar-refractivity contribution in [2.24, 2.45) is 0 Å². The van der Waals surface area contributed by atoms with Crippen LogP contribution in [0.25, 0.3) is 0 Å². The fourth-order valence-corrected chi connectivity index (χ4v) is 1.33. The largest absolute Gasteiger partial charge is 0.481 e. The summed E-state index contributed by atoms with van der Waals surface area (Å²) < 4.78 is 46.2. The predicted octanol–water partition coefficient (Wildman–Crippen LogP) is 1.42. The van der Waals surface area contributed by atoms with Gasteiger partial charge < -0.3 is 14.4 Å². The van der Waals surface area contributed by atoms with E-state index in [1.54, 1.807) is 0 Å². The number of halogens is 3. The van der Waals surface area contributed by atoms with Crippen LogP contribution in [0.15, 0.2) is 12.3 Å². The topological polar surface area (TPSA) is 64.5 Å². The summed E-state index contributed by atoms with van der Waals surface area (Å²) >= 11 is 0. The first-order valence-corrected chi connectivity index (χ1v) is 5.61. The number of anilines is 1. The Bertz CT molecular complexity index is 454. The molecule has 1 heterocycles. The van der Waals surface area contributed by atoms with Gasteiger partial charge in [-0.05, 0) is 0 Å². The summed E-state index contributed by atoms with van der Waals surface area (Å²) in [6, 6.07) is 1.45. The molecule has 0 aromatic carbocycles. The second kappa shape index (κ2) is 6.92. The van der Waals surface area contributed by atoms with Gasteiger partial charge in [-0.25, -0.2) is 4.98 Å². The Kier molecular flexibility index (Phi) is 5.53. The molecule has 1 rings (SSSR count). The zero-order chi connectivity index (χ0) is 15.2. The fourth-order valence-electron chi connectivity index (χ4n) is 1.33. The molecule has 0 bridgehead atoms. The SMILES string of the molecule is COC(=O)CN(CCC(F)(F)F)c1nccc(OC)n1. The van der Waals surface area contributed by atoms with Crippen LogP contribution in [0.1, 0.15) is 6.42 Å². The monoisotopic (exact) mass is 293 g/mol. The minimum atomic E-state index is -4.34. The number of methoxy groups -OCH3 is 2. The van der Waals surface area contributed by atoms with E-state index in [-0.39, 0.29) is 18.4 Å². The summed E-state index contributed by atoms with van der Waals surface area (Å²) in [5.41, 5.74) is 0. The lowest BCUT2D eigenvalue weighted by molar-refractivity contribution is -0.140. The molecule has 20 heavy (non-hydrogen) atoms. The lowest BCUT2D eigenvalue weighted by Gasteiger charge is -2.22. The van der Waals surface area contributed by atoms with Gasteiger partial charge in [-0.1, -0.05) is 0 Å². The maximum Gasteiger partial charge on any atom is 0.390 e. The third-order valence-corrected chi connectivity index (χ3v) is 2.32. The van der Waals surface area contributed by atoms with E-state index in [1.165, 1.54) is 19.4 Å². The van der Waals surface area contributed by atoms with Gasteiger partial charge in [0.1, 0.15) is 6.54 Å². The van der Waals surface area contributed by atoms with Crippen LogP contribution in [0.2, 0.25) is 0 Å². The molecule has 6 nitrogen and oxygen atoms in total. The molecule has 0 saturated carbocycles. The van der Waals surface area contributed by atoms with Crippen LogP contribution in [0, 0.1) is 0 Å².